The quantitative estimate of drug-likeness (QED) is 0.510. The number of imide groups is 1. The van der Waals surface area contributed by atoms with E-state index >= 15 is 0 Å². The molecule has 1 aromatic carbocycles. The van der Waals surface area contributed by atoms with Crippen LogP contribution in [0.15, 0.2) is 24.3 Å². The van der Waals surface area contributed by atoms with Crippen LogP contribution >= 0.6 is 0 Å². The van der Waals surface area contributed by atoms with Gasteiger partial charge in [-0.25, -0.2) is 0 Å². The molecule has 0 aliphatic carbocycles. The summed E-state index contributed by atoms with van der Waals surface area (Å²) in [5.74, 6) is 0.162. The fraction of sp³-hybridized carbons (Fsp3) is 0.550. The predicted octanol–water partition coefficient (Wildman–Crippen LogP) is 2.82. The smallest absolute Gasteiger partial charge is 0.260 e. The van der Waals surface area contributed by atoms with Crippen molar-refractivity contribution in [1.29, 1.82) is 0 Å². The minimum atomic E-state index is -0.217. The number of aryl methyl sites for hydroxylation is 1. The number of piperidine rings is 1. The third-order valence-corrected chi connectivity index (χ3v) is 4.80. The molecule has 0 atom stereocenters. The van der Waals surface area contributed by atoms with E-state index in [1.54, 1.807) is 6.07 Å². The Morgan fingerprint density at radius 3 is 2.48 bits per heavy atom. The number of ketones is 1. The highest BCUT2D eigenvalue weighted by atomic mass is 16.2. The maximum atomic E-state index is 12.4. The molecule has 2 rings (SSSR count). The average molecular weight is 344 g/mol. The second-order valence-corrected chi connectivity index (χ2v) is 6.71. The lowest BCUT2D eigenvalue weighted by Gasteiger charge is -2.25. The van der Waals surface area contributed by atoms with Crippen LogP contribution in [0.5, 0.6) is 0 Å². The van der Waals surface area contributed by atoms with Crippen molar-refractivity contribution in [3.63, 3.8) is 0 Å². The van der Waals surface area contributed by atoms with Crippen LogP contribution in [-0.4, -0.2) is 54.1 Å². The molecule has 0 spiro atoms. The number of likely N-dealkylation sites (tertiary alicyclic amines) is 1. The highest BCUT2D eigenvalue weighted by Gasteiger charge is 2.17. The molecule has 1 heterocycles. The molecule has 0 aromatic heterocycles. The minimum Gasteiger partial charge on any atom is -0.302 e. The number of carbonyl (C=O) groups excluding carboxylic acids is 3. The Balaban J connectivity index is 1.64. The molecule has 5 nitrogen and oxygen atoms in total. The van der Waals surface area contributed by atoms with Gasteiger partial charge in [0.2, 0.25) is 6.41 Å². The zero-order valence-corrected chi connectivity index (χ0v) is 15.1. The molecule has 1 fully saturated rings. The second-order valence-electron chi connectivity index (χ2n) is 6.71. The van der Waals surface area contributed by atoms with E-state index in [0.717, 1.165) is 50.9 Å². The van der Waals surface area contributed by atoms with E-state index in [1.807, 2.05) is 25.1 Å². The van der Waals surface area contributed by atoms with Gasteiger partial charge in [0.25, 0.3) is 5.91 Å². The molecule has 0 saturated carbocycles. The van der Waals surface area contributed by atoms with Gasteiger partial charge in [-0.15, -0.1) is 0 Å². The minimum absolute atomic E-state index is 0.217. The van der Waals surface area contributed by atoms with E-state index in [-0.39, 0.29) is 5.91 Å². The van der Waals surface area contributed by atoms with Crippen LogP contribution in [0, 0.1) is 6.92 Å². The van der Waals surface area contributed by atoms with Crippen molar-refractivity contribution in [3.8, 4) is 0 Å². The molecule has 1 aromatic rings. The van der Waals surface area contributed by atoms with Gasteiger partial charge in [0.05, 0.1) is 0 Å². The van der Waals surface area contributed by atoms with E-state index in [4.69, 9.17) is 0 Å². The molecule has 5 heteroatoms. The summed E-state index contributed by atoms with van der Waals surface area (Å²) < 4.78 is 0. The average Bonchev–Trinajstić information content (AvgIpc) is 2.62. The second kappa shape index (κ2) is 10.1. The third-order valence-electron chi connectivity index (χ3n) is 4.80. The van der Waals surface area contributed by atoms with Gasteiger partial charge in [0.1, 0.15) is 5.78 Å². The van der Waals surface area contributed by atoms with Crippen LogP contribution in [0.3, 0.4) is 0 Å². The lowest BCUT2D eigenvalue weighted by molar-refractivity contribution is -0.121. The topological polar surface area (TPSA) is 57.7 Å². The summed E-state index contributed by atoms with van der Waals surface area (Å²) in [6, 6.07) is 7.34. The molecule has 0 N–H and O–H groups in total. The van der Waals surface area contributed by atoms with Crippen molar-refractivity contribution in [3.05, 3.63) is 35.4 Å². The van der Waals surface area contributed by atoms with Crippen molar-refractivity contribution in [2.45, 2.75) is 45.4 Å². The summed E-state index contributed by atoms with van der Waals surface area (Å²) in [6.45, 7) is 5.16. The highest BCUT2D eigenvalue weighted by Crippen LogP contribution is 2.12. The molecule has 1 aliphatic rings. The summed E-state index contributed by atoms with van der Waals surface area (Å²) >= 11 is 0. The van der Waals surface area contributed by atoms with Gasteiger partial charge in [-0.2, -0.15) is 0 Å². The van der Waals surface area contributed by atoms with Gasteiger partial charge in [-0.3, -0.25) is 19.3 Å². The molecule has 0 unspecified atom stereocenters. The molecule has 136 valence electrons. The third kappa shape index (κ3) is 6.09. The van der Waals surface area contributed by atoms with Crippen LogP contribution < -0.4 is 0 Å². The molecule has 0 radical (unpaired) electrons. The first-order chi connectivity index (χ1) is 12.1. The fourth-order valence-corrected chi connectivity index (χ4v) is 3.17. The highest BCUT2D eigenvalue weighted by molar-refractivity contribution is 6.00. The predicted molar refractivity (Wildman–Crippen MR) is 97.4 cm³/mol. The largest absolute Gasteiger partial charge is 0.302 e. The number of benzene rings is 1. The van der Waals surface area contributed by atoms with Gasteiger partial charge in [0.15, 0.2) is 0 Å². The van der Waals surface area contributed by atoms with Crippen LogP contribution in [-0.2, 0) is 9.59 Å². The van der Waals surface area contributed by atoms with E-state index in [2.05, 4.69) is 4.90 Å². The number of Topliss-reactive ketones (excluding diaryl/α,β-unsaturated/α-hetero) is 1. The zero-order valence-electron chi connectivity index (χ0n) is 15.1. The molecular weight excluding hydrogens is 316 g/mol. The Kier molecular flexibility index (Phi) is 7.79. The first-order valence-corrected chi connectivity index (χ1v) is 9.18. The summed E-state index contributed by atoms with van der Waals surface area (Å²) in [5, 5.41) is 0. The number of hydrogen-bond donors (Lipinski definition) is 0. The Bertz CT molecular complexity index is 590. The van der Waals surface area contributed by atoms with E-state index in [9.17, 15) is 14.4 Å². The van der Waals surface area contributed by atoms with Crippen LogP contribution in [0.25, 0.3) is 0 Å². The number of nitrogens with zero attached hydrogens (tertiary/aromatic N) is 2. The van der Waals surface area contributed by atoms with E-state index in [0.29, 0.717) is 37.1 Å². The Hall–Kier alpha value is -2.01. The Morgan fingerprint density at radius 1 is 1.12 bits per heavy atom. The van der Waals surface area contributed by atoms with Gasteiger partial charge in [0, 0.05) is 38.0 Å². The fourth-order valence-electron chi connectivity index (χ4n) is 3.17. The van der Waals surface area contributed by atoms with E-state index in [1.165, 1.54) is 4.90 Å². The van der Waals surface area contributed by atoms with Crippen molar-refractivity contribution in [1.82, 2.24) is 9.80 Å². The summed E-state index contributed by atoms with van der Waals surface area (Å²) in [5.41, 5.74) is 1.48. The van der Waals surface area contributed by atoms with Crippen molar-refractivity contribution in [2.75, 3.05) is 26.2 Å². The molecule has 1 saturated heterocycles. The normalized spacial score (nSPS) is 15.2. The van der Waals surface area contributed by atoms with E-state index < -0.39 is 0 Å². The molecule has 1 aliphatic heterocycles. The first-order valence-electron chi connectivity index (χ1n) is 9.18. The zero-order chi connectivity index (χ0) is 18.1. The summed E-state index contributed by atoms with van der Waals surface area (Å²) in [4.78, 5) is 38.5. The van der Waals surface area contributed by atoms with Gasteiger partial charge >= 0.3 is 0 Å². The maximum absolute atomic E-state index is 12.4. The number of amides is 2. The maximum Gasteiger partial charge on any atom is 0.260 e. The first kappa shape index (κ1) is 19.3. The van der Waals surface area contributed by atoms with Crippen molar-refractivity contribution in [2.24, 2.45) is 0 Å². The summed E-state index contributed by atoms with van der Waals surface area (Å²) in [7, 11) is 0. The standard InChI is InChI=1S/C20H28N2O3/c1-17-8-4-5-9-19(17)20(25)22(16-23)13-7-3-2-6-12-21-14-10-18(24)11-15-21/h4-5,8-9,16H,2-3,6-7,10-15H2,1H3. The molecule has 0 bridgehead atoms. The lowest BCUT2D eigenvalue weighted by atomic mass is 10.1. The van der Waals surface area contributed by atoms with Gasteiger partial charge < -0.3 is 4.90 Å². The Morgan fingerprint density at radius 2 is 1.80 bits per heavy atom. The number of unbranched alkanes of at least 4 members (excludes halogenated alkanes) is 3. The molecule has 2 amide bonds. The van der Waals surface area contributed by atoms with Gasteiger partial charge in [-0.05, 0) is 37.9 Å². The van der Waals surface area contributed by atoms with Crippen LogP contribution in [0.1, 0.15) is 54.4 Å². The van der Waals surface area contributed by atoms with Crippen LogP contribution in [0.2, 0.25) is 0 Å². The Labute approximate surface area is 150 Å². The summed E-state index contributed by atoms with van der Waals surface area (Å²) in [6.07, 6.45) is 6.02. The number of carbonyl (C=O) groups is 3. The van der Waals surface area contributed by atoms with Crippen molar-refractivity contribution < 1.29 is 14.4 Å². The molecule has 25 heavy (non-hydrogen) atoms. The monoisotopic (exact) mass is 344 g/mol. The SMILES string of the molecule is Cc1ccccc1C(=O)N(C=O)CCCCCCN1CCC(=O)CC1. The van der Waals surface area contributed by atoms with Crippen molar-refractivity contribution >= 4 is 18.1 Å². The number of hydrogen-bond acceptors (Lipinski definition) is 4. The van der Waals surface area contributed by atoms with Crippen LogP contribution in [0.4, 0.5) is 0 Å². The number of rotatable bonds is 9. The molecular formula is C20H28N2O3. The lowest BCUT2D eigenvalue weighted by Crippen LogP contribution is -2.34. The van der Waals surface area contributed by atoms with Gasteiger partial charge in [-0.1, -0.05) is 31.0 Å².